The number of amides is 2. The number of ether oxygens (including phenoxy) is 1. The lowest BCUT2D eigenvalue weighted by Gasteiger charge is -2.26. The molecule has 0 radical (unpaired) electrons. The summed E-state index contributed by atoms with van der Waals surface area (Å²) in [5.41, 5.74) is 1.77. The molecule has 35 heavy (non-hydrogen) atoms. The first-order valence-corrected chi connectivity index (χ1v) is 13.2. The van der Waals surface area contributed by atoms with E-state index in [-0.39, 0.29) is 23.8 Å². The Labute approximate surface area is 212 Å². The number of halogens is 1. The second kappa shape index (κ2) is 11.0. The fraction of sp³-hybridized carbons (Fsp3) is 0.500. The van der Waals surface area contributed by atoms with Crippen molar-refractivity contribution in [2.45, 2.75) is 50.7 Å². The average molecular weight is 496 g/mol. The third-order valence-electron chi connectivity index (χ3n) is 7.19. The molecule has 7 heteroatoms. The maximum atomic E-state index is 13.3. The molecule has 0 spiro atoms. The van der Waals surface area contributed by atoms with Crippen LogP contribution in [-0.4, -0.2) is 66.5 Å². The van der Waals surface area contributed by atoms with Gasteiger partial charge in [0.05, 0.1) is 17.0 Å². The van der Waals surface area contributed by atoms with Gasteiger partial charge in [0, 0.05) is 31.2 Å². The molecule has 186 valence electrons. The van der Waals surface area contributed by atoms with Crippen molar-refractivity contribution in [3.8, 4) is 5.75 Å². The summed E-state index contributed by atoms with van der Waals surface area (Å²) in [5.74, 6) is 0.601. The van der Waals surface area contributed by atoms with E-state index in [2.05, 4.69) is 16.3 Å². The summed E-state index contributed by atoms with van der Waals surface area (Å²) in [7, 11) is 0. The molecule has 2 aromatic carbocycles. The fourth-order valence-corrected chi connectivity index (χ4v) is 5.34. The van der Waals surface area contributed by atoms with Crippen LogP contribution in [0.25, 0.3) is 0 Å². The van der Waals surface area contributed by atoms with E-state index < -0.39 is 0 Å². The Hall–Kier alpha value is -2.57. The first-order valence-electron chi connectivity index (χ1n) is 12.9. The standard InChI is InChI=1S/C28H34ClN3O3/c29-25-17-20(8-11-26(25)35-24-9-10-24)16-23(19-31-13-4-5-14-31)30-27(33)22-12-15-32(18-22)28(34)21-6-2-1-3-7-21/h1-3,6-8,11,17,22-24H,4-5,9-10,12-16,18-19H2,(H,30,33)/t22-,23?/m1/s1. The summed E-state index contributed by atoms with van der Waals surface area (Å²) < 4.78 is 5.87. The molecule has 2 atom stereocenters. The molecule has 1 unspecified atom stereocenters. The summed E-state index contributed by atoms with van der Waals surface area (Å²) >= 11 is 6.50. The minimum absolute atomic E-state index is 0.00216. The summed E-state index contributed by atoms with van der Waals surface area (Å²) in [6, 6.07) is 15.3. The van der Waals surface area contributed by atoms with Crippen LogP contribution in [0.15, 0.2) is 48.5 Å². The van der Waals surface area contributed by atoms with Crippen LogP contribution < -0.4 is 10.1 Å². The summed E-state index contributed by atoms with van der Waals surface area (Å²) in [6.45, 7) is 4.05. The molecule has 0 bridgehead atoms. The molecule has 1 N–H and O–H groups in total. The highest BCUT2D eigenvalue weighted by molar-refractivity contribution is 6.32. The second-order valence-corrected chi connectivity index (χ2v) is 10.5. The molecular formula is C28H34ClN3O3. The molecule has 1 saturated carbocycles. The van der Waals surface area contributed by atoms with Crippen molar-refractivity contribution in [1.82, 2.24) is 15.1 Å². The number of carbonyl (C=O) groups is 2. The zero-order chi connectivity index (χ0) is 24.2. The topological polar surface area (TPSA) is 61.9 Å². The predicted octanol–water partition coefficient (Wildman–Crippen LogP) is 4.17. The third-order valence-corrected chi connectivity index (χ3v) is 7.48. The largest absolute Gasteiger partial charge is 0.489 e. The van der Waals surface area contributed by atoms with E-state index in [0.29, 0.717) is 42.6 Å². The van der Waals surface area contributed by atoms with Gasteiger partial charge in [0.2, 0.25) is 5.91 Å². The zero-order valence-corrected chi connectivity index (χ0v) is 20.9. The average Bonchev–Trinajstić information content (AvgIpc) is 3.30. The van der Waals surface area contributed by atoms with E-state index in [0.717, 1.165) is 43.8 Å². The monoisotopic (exact) mass is 495 g/mol. The van der Waals surface area contributed by atoms with Gasteiger partial charge in [-0.3, -0.25) is 9.59 Å². The van der Waals surface area contributed by atoms with Crippen LogP contribution >= 0.6 is 11.6 Å². The Balaban J connectivity index is 1.21. The highest BCUT2D eigenvalue weighted by atomic mass is 35.5. The number of hydrogen-bond donors (Lipinski definition) is 1. The second-order valence-electron chi connectivity index (χ2n) is 10.1. The van der Waals surface area contributed by atoms with Gasteiger partial charge >= 0.3 is 0 Å². The first-order chi connectivity index (χ1) is 17.0. The van der Waals surface area contributed by atoms with E-state index in [1.807, 2.05) is 42.5 Å². The molecule has 2 aromatic rings. The quantitative estimate of drug-likeness (QED) is 0.567. The lowest BCUT2D eigenvalue weighted by Crippen LogP contribution is -2.47. The number of likely N-dealkylation sites (tertiary alicyclic amines) is 2. The maximum absolute atomic E-state index is 13.3. The Morgan fingerprint density at radius 3 is 2.51 bits per heavy atom. The minimum Gasteiger partial charge on any atom is -0.489 e. The van der Waals surface area contributed by atoms with Crippen molar-refractivity contribution >= 4 is 23.4 Å². The lowest BCUT2D eigenvalue weighted by molar-refractivity contribution is -0.125. The fourth-order valence-electron chi connectivity index (χ4n) is 5.10. The van der Waals surface area contributed by atoms with Gasteiger partial charge in [-0.1, -0.05) is 35.9 Å². The van der Waals surface area contributed by atoms with Crippen molar-refractivity contribution in [2.75, 3.05) is 32.7 Å². The van der Waals surface area contributed by atoms with Crippen LogP contribution in [0.3, 0.4) is 0 Å². The van der Waals surface area contributed by atoms with Crippen LogP contribution in [0.4, 0.5) is 0 Å². The van der Waals surface area contributed by atoms with Gasteiger partial charge in [-0.05, 0) is 81.4 Å². The van der Waals surface area contributed by atoms with E-state index in [1.165, 1.54) is 12.8 Å². The molecule has 1 aliphatic carbocycles. The Kier molecular flexibility index (Phi) is 7.59. The summed E-state index contributed by atoms with van der Waals surface area (Å²) in [4.78, 5) is 30.3. The van der Waals surface area contributed by atoms with E-state index in [1.54, 1.807) is 4.90 Å². The van der Waals surface area contributed by atoms with Crippen LogP contribution in [0.2, 0.25) is 5.02 Å². The summed E-state index contributed by atoms with van der Waals surface area (Å²) in [6.07, 6.45) is 6.32. The molecule has 6 nitrogen and oxygen atoms in total. The van der Waals surface area contributed by atoms with Gasteiger partial charge in [0.1, 0.15) is 5.75 Å². The molecule has 2 saturated heterocycles. The Morgan fingerprint density at radius 1 is 1.03 bits per heavy atom. The number of carbonyl (C=O) groups excluding carboxylic acids is 2. The van der Waals surface area contributed by atoms with Gasteiger partial charge < -0.3 is 19.9 Å². The van der Waals surface area contributed by atoms with E-state index in [9.17, 15) is 9.59 Å². The zero-order valence-electron chi connectivity index (χ0n) is 20.1. The number of nitrogens with one attached hydrogen (secondary N) is 1. The molecular weight excluding hydrogens is 462 g/mol. The number of benzene rings is 2. The van der Waals surface area contributed by atoms with E-state index >= 15 is 0 Å². The molecule has 2 heterocycles. The highest BCUT2D eigenvalue weighted by Crippen LogP contribution is 2.32. The third kappa shape index (κ3) is 6.36. The number of rotatable bonds is 9. The van der Waals surface area contributed by atoms with Crippen LogP contribution in [0.5, 0.6) is 5.75 Å². The molecule has 3 fully saturated rings. The normalized spacial score (nSPS) is 21.2. The Morgan fingerprint density at radius 2 is 1.80 bits per heavy atom. The van der Waals surface area contributed by atoms with Gasteiger partial charge in [-0.15, -0.1) is 0 Å². The van der Waals surface area contributed by atoms with Crippen molar-refractivity contribution in [2.24, 2.45) is 5.92 Å². The number of hydrogen-bond acceptors (Lipinski definition) is 4. The van der Waals surface area contributed by atoms with Gasteiger partial charge in [0.15, 0.2) is 0 Å². The maximum Gasteiger partial charge on any atom is 0.253 e. The molecule has 5 rings (SSSR count). The van der Waals surface area contributed by atoms with Crippen LogP contribution in [0.1, 0.15) is 48.0 Å². The Bertz CT molecular complexity index is 1040. The smallest absolute Gasteiger partial charge is 0.253 e. The van der Waals surface area contributed by atoms with Gasteiger partial charge in [-0.2, -0.15) is 0 Å². The van der Waals surface area contributed by atoms with Gasteiger partial charge in [-0.25, -0.2) is 0 Å². The SMILES string of the molecule is O=C(NC(Cc1ccc(OC2CC2)c(Cl)c1)CN1CCCC1)[C@@H]1CCN(C(=O)c2ccccc2)C1. The minimum atomic E-state index is -0.179. The highest BCUT2D eigenvalue weighted by Gasteiger charge is 2.33. The first kappa shape index (κ1) is 24.1. The van der Waals surface area contributed by atoms with Crippen molar-refractivity contribution < 1.29 is 14.3 Å². The number of nitrogens with zero attached hydrogens (tertiary/aromatic N) is 2. The van der Waals surface area contributed by atoms with Crippen molar-refractivity contribution in [3.63, 3.8) is 0 Å². The summed E-state index contributed by atoms with van der Waals surface area (Å²) in [5, 5.41) is 3.95. The lowest BCUT2D eigenvalue weighted by atomic mass is 10.0. The predicted molar refractivity (Wildman–Crippen MR) is 137 cm³/mol. The molecule has 3 aliphatic rings. The van der Waals surface area contributed by atoms with Crippen LogP contribution in [-0.2, 0) is 11.2 Å². The molecule has 2 aliphatic heterocycles. The van der Waals surface area contributed by atoms with Gasteiger partial charge in [0.25, 0.3) is 5.91 Å². The van der Waals surface area contributed by atoms with Crippen molar-refractivity contribution in [1.29, 1.82) is 0 Å². The van der Waals surface area contributed by atoms with Crippen LogP contribution in [0, 0.1) is 5.92 Å². The van der Waals surface area contributed by atoms with E-state index in [4.69, 9.17) is 16.3 Å². The molecule has 2 amide bonds. The molecule has 0 aromatic heterocycles. The van der Waals surface area contributed by atoms with Crippen molar-refractivity contribution in [3.05, 3.63) is 64.7 Å².